The van der Waals surface area contributed by atoms with Crippen LogP contribution in [0.4, 0.5) is 0 Å². The van der Waals surface area contributed by atoms with Gasteiger partial charge >= 0.3 is 0 Å². The Morgan fingerprint density at radius 1 is 1.60 bits per heavy atom. The number of piperazine rings is 1. The van der Waals surface area contributed by atoms with Crippen LogP contribution in [-0.2, 0) is 4.79 Å². The first kappa shape index (κ1) is 10.9. The van der Waals surface area contributed by atoms with Gasteiger partial charge in [0.05, 0.1) is 0 Å². The summed E-state index contributed by atoms with van der Waals surface area (Å²) < 4.78 is 0. The predicted molar refractivity (Wildman–Crippen MR) is 59.4 cm³/mol. The number of rotatable bonds is 4. The third-order valence-electron chi connectivity index (χ3n) is 3.62. The quantitative estimate of drug-likeness (QED) is 0.684. The molecular formula is C11H21N3O. The molecule has 2 atom stereocenters. The van der Waals surface area contributed by atoms with Crippen molar-refractivity contribution in [2.45, 2.75) is 38.3 Å². The molecule has 1 aliphatic heterocycles. The Labute approximate surface area is 91.2 Å². The van der Waals surface area contributed by atoms with Crippen molar-refractivity contribution in [3.8, 4) is 0 Å². The Balaban J connectivity index is 2.04. The molecule has 2 aliphatic rings. The van der Waals surface area contributed by atoms with Crippen molar-refractivity contribution in [1.82, 2.24) is 10.2 Å². The Kier molecular flexibility index (Phi) is 3.26. The second kappa shape index (κ2) is 4.49. The minimum atomic E-state index is -0.179. The van der Waals surface area contributed by atoms with Crippen LogP contribution < -0.4 is 11.1 Å². The summed E-state index contributed by atoms with van der Waals surface area (Å²) in [7, 11) is 0. The van der Waals surface area contributed by atoms with Gasteiger partial charge in [0.25, 0.3) is 0 Å². The van der Waals surface area contributed by atoms with E-state index in [2.05, 4.69) is 17.1 Å². The van der Waals surface area contributed by atoms with Crippen LogP contribution in [-0.4, -0.2) is 42.5 Å². The van der Waals surface area contributed by atoms with Crippen LogP contribution in [0.2, 0.25) is 0 Å². The first-order valence-electron chi connectivity index (χ1n) is 5.99. The lowest BCUT2D eigenvalue weighted by Gasteiger charge is -2.40. The number of primary amides is 1. The van der Waals surface area contributed by atoms with Gasteiger partial charge in [0.1, 0.15) is 6.04 Å². The minimum absolute atomic E-state index is 0.0932. The molecule has 2 rings (SSSR count). The molecule has 1 aliphatic carbocycles. The highest BCUT2D eigenvalue weighted by Crippen LogP contribution is 2.37. The van der Waals surface area contributed by atoms with Crippen molar-refractivity contribution in [1.29, 1.82) is 0 Å². The zero-order valence-corrected chi connectivity index (χ0v) is 9.41. The van der Waals surface area contributed by atoms with Gasteiger partial charge in [-0.15, -0.1) is 0 Å². The number of nitrogens with zero attached hydrogens (tertiary/aromatic N) is 1. The van der Waals surface area contributed by atoms with Gasteiger partial charge in [0.15, 0.2) is 0 Å². The Morgan fingerprint density at radius 2 is 2.33 bits per heavy atom. The molecule has 2 fully saturated rings. The third-order valence-corrected chi connectivity index (χ3v) is 3.62. The van der Waals surface area contributed by atoms with E-state index in [4.69, 9.17) is 5.73 Å². The molecule has 0 aromatic rings. The number of nitrogens with one attached hydrogen (secondary N) is 1. The summed E-state index contributed by atoms with van der Waals surface area (Å²) in [5.41, 5.74) is 5.45. The van der Waals surface area contributed by atoms with Crippen LogP contribution in [0.25, 0.3) is 0 Å². The number of nitrogens with two attached hydrogens (primary N) is 1. The lowest BCUT2D eigenvalue weighted by molar-refractivity contribution is -0.125. The average Bonchev–Trinajstić information content (AvgIpc) is 3.04. The Bertz CT molecular complexity index is 240. The molecule has 4 heteroatoms. The van der Waals surface area contributed by atoms with E-state index in [1.54, 1.807) is 0 Å². The van der Waals surface area contributed by atoms with Gasteiger partial charge in [-0.2, -0.15) is 0 Å². The van der Waals surface area contributed by atoms with Crippen molar-refractivity contribution in [3.05, 3.63) is 0 Å². The minimum Gasteiger partial charge on any atom is -0.368 e. The van der Waals surface area contributed by atoms with Gasteiger partial charge in [-0.05, 0) is 25.2 Å². The van der Waals surface area contributed by atoms with E-state index in [0.29, 0.717) is 6.04 Å². The summed E-state index contributed by atoms with van der Waals surface area (Å²) in [6.45, 7) is 4.87. The van der Waals surface area contributed by atoms with Crippen molar-refractivity contribution >= 4 is 5.91 Å². The number of hydrogen-bond donors (Lipinski definition) is 2. The van der Waals surface area contributed by atoms with E-state index in [1.807, 2.05) is 0 Å². The fourth-order valence-corrected chi connectivity index (χ4v) is 2.70. The van der Waals surface area contributed by atoms with Crippen LogP contribution in [0.5, 0.6) is 0 Å². The predicted octanol–water partition coefficient (Wildman–Crippen LogP) is -0.0659. The van der Waals surface area contributed by atoms with Gasteiger partial charge in [-0.1, -0.05) is 6.92 Å². The van der Waals surface area contributed by atoms with E-state index in [0.717, 1.165) is 32.0 Å². The molecule has 0 aromatic carbocycles. The van der Waals surface area contributed by atoms with Gasteiger partial charge in [0, 0.05) is 25.7 Å². The molecule has 86 valence electrons. The standard InChI is InChI=1S/C11H21N3O/c1-2-9(8-3-4-8)14-6-5-13-7-10(14)11(12)15/h8-10,13H,2-7H2,1H3,(H2,12,15). The summed E-state index contributed by atoms with van der Waals surface area (Å²) >= 11 is 0. The normalized spacial score (nSPS) is 30.1. The van der Waals surface area contributed by atoms with E-state index in [1.165, 1.54) is 12.8 Å². The summed E-state index contributed by atoms with van der Waals surface area (Å²) in [6, 6.07) is 0.480. The topological polar surface area (TPSA) is 58.4 Å². The summed E-state index contributed by atoms with van der Waals surface area (Å²) in [4.78, 5) is 13.7. The molecule has 0 spiro atoms. The van der Waals surface area contributed by atoms with Crippen LogP contribution in [0.1, 0.15) is 26.2 Å². The lowest BCUT2D eigenvalue weighted by atomic mass is 10.0. The molecule has 2 unspecified atom stereocenters. The zero-order valence-electron chi connectivity index (χ0n) is 9.41. The molecule has 1 amide bonds. The second-order valence-electron chi connectivity index (χ2n) is 4.67. The summed E-state index contributed by atoms with van der Waals surface area (Å²) in [5.74, 6) is 0.635. The summed E-state index contributed by atoms with van der Waals surface area (Å²) in [6.07, 6.45) is 3.79. The maximum absolute atomic E-state index is 11.4. The summed E-state index contributed by atoms with van der Waals surface area (Å²) in [5, 5.41) is 3.24. The van der Waals surface area contributed by atoms with Gasteiger partial charge in [-0.25, -0.2) is 0 Å². The fraction of sp³-hybridized carbons (Fsp3) is 0.909. The molecule has 0 radical (unpaired) electrons. The molecule has 4 nitrogen and oxygen atoms in total. The molecule has 1 saturated carbocycles. The van der Waals surface area contributed by atoms with E-state index in [-0.39, 0.29) is 11.9 Å². The number of hydrogen-bond acceptors (Lipinski definition) is 3. The van der Waals surface area contributed by atoms with Crippen LogP contribution in [0, 0.1) is 5.92 Å². The Morgan fingerprint density at radius 3 is 2.87 bits per heavy atom. The second-order valence-corrected chi connectivity index (χ2v) is 4.67. The van der Waals surface area contributed by atoms with Crippen molar-refractivity contribution < 1.29 is 4.79 Å². The maximum Gasteiger partial charge on any atom is 0.236 e. The van der Waals surface area contributed by atoms with Crippen LogP contribution in [0.3, 0.4) is 0 Å². The van der Waals surface area contributed by atoms with Crippen molar-refractivity contribution in [2.24, 2.45) is 11.7 Å². The average molecular weight is 211 g/mol. The van der Waals surface area contributed by atoms with E-state index >= 15 is 0 Å². The third kappa shape index (κ3) is 2.32. The highest BCUT2D eigenvalue weighted by atomic mass is 16.1. The molecule has 3 N–H and O–H groups in total. The molecule has 0 aromatic heterocycles. The largest absolute Gasteiger partial charge is 0.368 e. The molecule has 0 bridgehead atoms. The SMILES string of the molecule is CCC(C1CC1)N1CCNCC1C(N)=O. The van der Waals surface area contributed by atoms with Crippen LogP contribution in [0.15, 0.2) is 0 Å². The van der Waals surface area contributed by atoms with Crippen LogP contribution >= 0.6 is 0 Å². The highest BCUT2D eigenvalue weighted by Gasteiger charge is 2.39. The number of amides is 1. The zero-order chi connectivity index (χ0) is 10.8. The number of carbonyl (C=O) groups is 1. The highest BCUT2D eigenvalue weighted by molar-refractivity contribution is 5.80. The monoisotopic (exact) mass is 211 g/mol. The smallest absolute Gasteiger partial charge is 0.236 e. The van der Waals surface area contributed by atoms with Gasteiger partial charge in [-0.3, -0.25) is 9.69 Å². The van der Waals surface area contributed by atoms with Gasteiger partial charge in [0.2, 0.25) is 5.91 Å². The molecule has 1 saturated heterocycles. The van der Waals surface area contributed by atoms with E-state index in [9.17, 15) is 4.79 Å². The first-order chi connectivity index (χ1) is 7.24. The maximum atomic E-state index is 11.4. The van der Waals surface area contributed by atoms with Crippen molar-refractivity contribution in [2.75, 3.05) is 19.6 Å². The fourth-order valence-electron chi connectivity index (χ4n) is 2.70. The van der Waals surface area contributed by atoms with Crippen molar-refractivity contribution in [3.63, 3.8) is 0 Å². The first-order valence-corrected chi connectivity index (χ1v) is 5.99. The molecule has 15 heavy (non-hydrogen) atoms. The molecule has 1 heterocycles. The van der Waals surface area contributed by atoms with E-state index < -0.39 is 0 Å². The lowest BCUT2D eigenvalue weighted by Crippen LogP contribution is -2.60. The van der Waals surface area contributed by atoms with Gasteiger partial charge < -0.3 is 11.1 Å². The number of carbonyl (C=O) groups excluding carboxylic acids is 1. The molecular weight excluding hydrogens is 190 g/mol. The Hall–Kier alpha value is -0.610.